The molecule has 0 aliphatic carbocycles. The number of hydrogen-bond acceptors (Lipinski definition) is 5. The van der Waals surface area contributed by atoms with Crippen LogP contribution in [0.25, 0.3) is 11.5 Å². The van der Waals surface area contributed by atoms with Gasteiger partial charge in [-0.15, -0.1) is 0 Å². The summed E-state index contributed by atoms with van der Waals surface area (Å²) in [6.07, 6.45) is 1.34. The highest BCUT2D eigenvalue weighted by atomic mass is 35.5. The zero-order valence-corrected chi connectivity index (χ0v) is 8.89. The van der Waals surface area contributed by atoms with E-state index in [4.69, 9.17) is 21.1 Å². The lowest BCUT2D eigenvalue weighted by Gasteiger charge is -1.98. The predicted octanol–water partition coefficient (Wildman–Crippen LogP) is 1.79. The average molecular weight is 240 g/mol. The summed E-state index contributed by atoms with van der Waals surface area (Å²) in [5.41, 5.74) is 0.165. The molecular formula is C9H6ClN3O3. The number of aryl methyl sites for hydroxylation is 1. The van der Waals surface area contributed by atoms with E-state index in [2.05, 4.69) is 15.0 Å². The van der Waals surface area contributed by atoms with Crippen molar-refractivity contribution in [3.63, 3.8) is 0 Å². The molecule has 0 aliphatic rings. The molecular weight excluding hydrogens is 234 g/mol. The number of carboxylic acids is 1. The van der Waals surface area contributed by atoms with Crippen molar-refractivity contribution >= 4 is 17.6 Å². The number of hydrogen-bond donors (Lipinski definition) is 1. The molecule has 0 aromatic carbocycles. The van der Waals surface area contributed by atoms with E-state index in [0.29, 0.717) is 11.6 Å². The predicted molar refractivity (Wildman–Crippen MR) is 54.2 cm³/mol. The highest BCUT2D eigenvalue weighted by molar-refractivity contribution is 6.29. The van der Waals surface area contributed by atoms with Gasteiger partial charge in [0.2, 0.25) is 0 Å². The smallest absolute Gasteiger partial charge is 0.354 e. The molecule has 0 bridgehead atoms. The molecule has 2 aromatic rings. The summed E-state index contributed by atoms with van der Waals surface area (Å²) >= 11 is 5.68. The molecule has 0 saturated carbocycles. The van der Waals surface area contributed by atoms with Crippen molar-refractivity contribution in [2.75, 3.05) is 0 Å². The summed E-state index contributed by atoms with van der Waals surface area (Å²) in [6.45, 7) is 1.66. The molecule has 2 rings (SSSR count). The van der Waals surface area contributed by atoms with Crippen LogP contribution in [0.2, 0.25) is 5.15 Å². The number of nitrogens with zero attached hydrogens (tertiary/aromatic N) is 3. The molecule has 6 nitrogen and oxygen atoms in total. The minimum atomic E-state index is -1.18. The number of halogens is 1. The zero-order valence-electron chi connectivity index (χ0n) is 8.14. The lowest BCUT2D eigenvalue weighted by molar-refractivity contribution is 0.0690. The van der Waals surface area contributed by atoms with Crippen LogP contribution in [0, 0.1) is 6.92 Å². The van der Waals surface area contributed by atoms with E-state index in [9.17, 15) is 4.79 Å². The number of carbonyl (C=O) groups is 1. The van der Waals surface area contributed by atoms with Gasteiger partial charge in [-0.2, -0.15) is 0 Å². The molecule has 0 fully saturated rings. The van der Waals surface area contributed by atoms with Gasteiger partial charge in [-0.05, 0) is 0 Å². The molecule has 0 radical (unpaired) electrons. The van der Waals surface area contributed by atoms with Crippen LogP contribution in [0.15, 0.2) is 16.7 Å². The van der Waals surface area contributed by atoms with Crippen molar-refractivity contribution in [3.8, 4) is 11.5 Å². The summed E-state index contributed by atoms with van der Waals surface area (Å²) in [7, 11) is 0. The monoisotopic (exact) mass is 239 g/mol. The fourth-order valence-electron chi connectivity index (χ4n) is 1.11. The van der Waals surface area contributed by atoms with Crippen LogP contribution in [0.5, 0.6) is 0 Å². The highest BCUT2D eigenvalue weighted by Crippen LogP contribution is 2.17. The van der Waals surface area contributed by atoms with E-state index < -0.39 is 5.97 Å². The summed E-state index contributed by atoms with van der Waals surface area (Å²) in [6, 6.07) is 1.17. The molecule has 0 atom stereocenters. The van der Waals surface area contributed by atoms with E-state index >= 15 is 0 Å². The van der Waals surface area contributed by atoms with Crippen LogP contribution in [-0.2, 0) is 0 Å². The van der Waals surface area contributed by atoms with Crippen molar-refractivity contribution in [1.29, 1.82) is 0 Å². The van der Waals surface area contributed by atoms with Gasteiger partial charge >= 0.3 is 5.97 Å². The molecule has 2 aromatic heterocycles. The van der Waals surface area contributed by atoms with E-state index in [1.165, 1.54) is 12.3 Å². The third-order valence-electron chi connectivity index (χ3n) is 1.76. The number of carboxylic acid groups (broad SMARTS) is 1. The molecule has 0 aliphatic heterocycles. The van der Waals surface area contributed by atoms with Crippen molar-refractivity contribution in [1.82, 2.24) is 15.0 Å². The van der Waals surface area contributed by atoms with Gasteiger partial charge in [-0.1, -0.05) is 11.6 Å². The third-order valence-corrected chi connectivity index (χ3v) is 1.96. The van der Waals surface area contributed by atoms with Gasteiger partial charge in [0.15, 0.2) is 17.4 Å². The Kier molecular flexibility index (Phi) is 2.57. The van der Waals surface area contributed by atoms with Gasteiger partial charge in [-0.25, -0.2) is 19.7 Å². The Morgan fingerprint density at radius 2 is 2.19 bits per heavy atom. The van der Waals surface area contributed by atoms with Crippen LogP contribution >= 0.6 is 11.6 Å². The summed E-state index contributed by atoms with van der Waals surface area (Å²) in [5.74, 6) is -0.608. The van der Waals surface area contributed by atoms with Crippen molar-refractivity contribution in [2.24, 2.45) is 0 Å². The van der Waals surface area contributed by atoms with Gasteiger partial charge in [0.1, 0.15) is 17.1 Å². The summed E-state index contributed by atoms with van der Waals surface area (Å²) in [4.78, 5) is 22.4. The van der Waals surface area contributed by atoms with Gasteiger partial charge in [0.25, 0.3) is 0 Å². The number of rotatable bonds is 2. The van der Waals surface area contributed by atoms with Gasteiger partial charge in [0.05, 0.1) is 0 Å². The van der Waals surface area contributed by atoms with Gasteiger partial charge < -0.3 is 9.52 Å². The number of oxazole rings is 1. The number of aromatic carboxylic acids is 1. The molecule has 0 unspecified atom stereocenters. The second-order valence-electron chi connectivity index (χ2n) is 2.96. The zero-order chi connectivity index (χ0) is 11.7. The summed E-state index contributed by atoms with van der Waals surface area (Å²) in [5, 5.41) is 8.84. The van der Waals surface area contributed by atoms with Crippen molar-refractivity contribution < 1.29 is 14.3 Å². The lowest BCUT2D eigenvalue weighted by atomic mass is 10.3. The Morgan fingerprint density at radius 3 is 2.75 bits per heavy atom. The fraction of sp³-hybridized carbons (Fsp3) is 0.111. The molecule has 0 amide bonds. The second kappa shape index (κ2) is 3.90. The molecule has 82 valence electrons. The Hall–Kier alpha value is -1.95. The highest BCUT2D eigenvalue weighted by Gasteiger charge is 2.13. The summed E-state index contributed by atoms with van der Waals surface area (Å²) < 4.78 is 4.98. The first-order valence-electron chi connectivity index (χ1n) is 4.26. The Balaban J connectivity index is 2.53. The molecule has 1 N–H and O–H groups in total. The first kappa shape index (κ1) is 10.6. The SMILES string of the molecule is Cc1nc(-c2nc(Cl)cc(C(=O)O)n2)co1. The van der Waals surface area contributed by atoms with Gasteiger partial charge in [-0.3, -0.25) is 0 Å². The van der Waals surface area contributed by atoms with Crippen LogP contribution in [0.3, 0.4) is 0 Å². The van der Waals surface area contributed by atoms with E-state index in [1.807, 2.05) is 0 Å². The molecule has 7 heteroatoms. The standard InChI is InChI=1S/C9H6ClN3O3/c1-4-11-6(3-16-4)8-12-5(9(14)15)2-7(10)13-8/h2-3H,1H3,(H,14,15). The van der Waals surface area contributed by atoms with Crippen LogP contribution in [0.1, 0.15) is 16.4 Å². The maximum Gasteiger partial charge on any atom is 0.354 e. The fourth-order valence-corrected chi connectivity index (χ4v) is 1.29. The topological polar surface area (TPSA) is 89.1 Å². The van der Waals surface area contributed by atoms with E-state index in [0.717, 1.165) is 0 Å². The normalized spacial score (nSPS) is 10.4. The van der Waals surface area contributed by atoms with Crippen LogP contribution in [-0.4, -0.2) is 26.0 Å². The van der Waals surface area contributed by atoms with Crippen molar-refractivity contribution in [2.45, 2.75) is 6.92 Å². The molecule has 0 saturated heterocycles. The third kappa shape index (κ3) is 2.01. The van der Waals surface area contributed by atoms with E-state index in [-0.39, 0.29) is 16.7 Å². The van der Waals surface area contributed by atoms with Crippen LogP contribution in [0.4, 0.5) is 0 Å². The quantitative estimate of drug-likeness (QED) is 0.804. The lowest BCUT2D eigenvalue weighted by Crippen LogP contribution is -2.03. The second-order valence-corrected chi connectivity index (χ2v) is 3.34. The largest absolute Gasteiger partial charge is 0.477 e. The van der Waals surface area contributed by atoms with E-state index in [1.54, 1.807) is 6.92 Å². The minimum Gasteiger partial charge on any atom is -0.477 e. The Morgan fingerprint density at radius 1 is 1.44 bits per heavy atom. The first-order valence-corrected chi connectivity index (χ1v) is 4.64. The Bertz CT molecular complexity index is 553. The Labute approximate surface area is 94.9 Å². The molecule has 16 heavy (non-hydrogen) atoms. The minimum absolute atomic E-state index is 0.0445. The molecule has 0 spiro atoms. The number of aromatic nitrogens is 3. The average Bonchev–Trinajstić information content (AvgIpc) is 2.64. The first-order chi connectivity index (χ1) is 7.56. The molecule has 2 heterocycles. The maximum absolute atomic E-state index is 10.7. The maximum atomic E-state index is 10.7. The van der Waals surface area contributed by atoms with Crippen molar-refractivity contribution in [3.05, 3.63) is 29.1 Å². The van der Waals surface area contributed by atoms with Gasteiger partial charge in [0, 0.05) is 13.0 Å². The van der Waals surface area contributed by atoms with Crippen LogP contribution < -0.4 is 0 Å².